The molecule has 0 heterocycles. The molecule has 0 aromatic rings. The number of aliphatic hydroxyl groups excluding tert-OH is 1. The Bertz CT molecular complexity index is 766. The first-order valence-electron chi connectivity index (χ1n) is 13.6. The Hall–Kier alpha value is -0.300. The highest BCUT2D eigenvalue weighted by molar-refractivity contribution is 5.21. The molecule has 0 saturated heterocycles. The fraction of sp³-hybridized carbons (Fsp3) is 0.933. The highest BCUT2D eigenvalue weighted by Crippen LogP contribution is 2.77. The highest BCUT2D eigenvalue weighted by atomic mass is 16.3. The van der Waals surface area contributed by atoms with E-state index in [1.165, 1.54) is 63.4 Å². The molecule has 0 radical (unpaired) electrons. The molecule has 0 aliphatic heterocycles. The van der Waals surface area contributed by atoms with Crippen molar-refractivity contribution < 1.29 is 5.11 Å². The molecule has 5 fully saturated rings. The summed E-state index contributed by atoms with van der Waals surface area (Å²) in [7, 11) is 0. The van der Waals surface area contributed by atoms with Crippen LogP contribution in [0, 0.1) is 56.7 Å². The number of allylic oxidation sites excluding steroid dienone is 1. The van der Waals surface area contributed by atoms with E-state index in [4.69, 9.17) is 0 Å². The van der Waals surface area contributed by atoms with Crippen molar-refractivity contribution in [2.24, 2.45) is 56.7 Å². The lowest BCUT2D eigenvalue weighted by Crippen LogP contribution is -2.66. The van der Waals surface area contributed by atoms with E-state index in [1.54, 1.807) is 0 Å². The second kappa shape index (κ2) is 6.64. The van der Waals surface area contributed by atoms with Crippen LogP contribution in [0.25, 0.3) is 0 Å². The topological polar surface area (TPSA) is 20.2 Å². The largest absolute Gasteiger partial charge is 0.393 e. The monoisotopic (exact) mass is 426 g/mol. The Kier molecular flexibility index (Phi) is 4.82. The zero-order valence-corrected chi connectivity index (χ0v) is 21.7. The third-order valence-corrected chi connectivity index (χ3v) is 13.5. The van der Waals surface area contributed by atoms with Crippen molar-refractivity contribution in [2.75, 3.05) is 0 Å². The Morgan fingerprint density at radius 2 is 1.45 bits per heavy atom. The van der Waals surface area contributed by atoms with Gasteiger partial charge in [-0.05, 0) is 128 Å². The number of hydrogen-bond acceptors (Lipinski definition) is 1. The van der Waals surface area contributed by atoms with Crippen LogP contribution in [0.4, 0.5) is 0 Å². The Labute approximate surface area is 192 Å². The third kappa shape index (κ3) is 2.65. The standard InChI is InChI=1S/C30H50O/c1-19(2)20-11-14-27(5)17-18-29(7)21(25(20)27)9-10-23-28(6)15-13-24(31)26(3,4)22(28)12-16-30(23,29)8/h20-25,31H,1,9-18H2,2-8H3/t20-,21+,22-,23+,24+,25+,27+,28-,29+,30+/m0/s1. The normalized spacial score (nSPS) is 57.9. The van der Waals surface area contributed by atoms with E-state index in [-0.39, 0.29) is 11.5 Å². The number of hydrogen-bond donors (Lipinski definition) is 1. The molecule has 5 aliphatic rings. The van der Waals surface area contributed by atoms with E-state index >= 15 is 0 Å². The van der Waals surface area contributed by atoms with Crippen LogP contribution in [0.5, 0.6) is 0 Å². The first kappa shape index (κ1) is 22.5. The SMILES string of the molecule is C=C(C)[C@@H]1CC[C@]2(C)CC[C@]3(C)[C@H](CC[C@@H]4[C@@]5(C)CC[C@@H](O)C(C)(C)[C@@H]5CC[C@]43C)[C@@H]12. The predicted octanol–water partition coefficient (Wildman–Crippen LogP) is 8.02. The predicted molar refractivity (Wildman–Crippen MR) is 131 cm³/mol. The Balaban J connectivity index is 1.54. The summed E-state index contributed by atoms with van der Waals surface area (Å²) in [6, 6.07) is 0. The van der Waals surface area contributed by atoms with Gasteiger partial charge in [0.2, 0.25) is 0 Å². The summed E-state index contributed by atoms with van der Waals surface area (Å²) in [5.41, 5.74) is 3.38. The van der Waals surface area contributed by atoms with Gasteiger partial charge in [-0.1, -0.05) is 53.7 Å². The van der Waals surface area contributed by atoms with E-state index in [0.29, 0.717) is 27.6 Å². The summed E-state index contributed by atoms with van der Waals surface area (Å²) < 4.78 is 0. The molecule has 31 heavy (non-hydrogen) atoms. The molecular formula is C30H50O. The molecule has 0 aromatic carbocycles. The van der Waals surface area contributed by atoms with Gasteiger partial charge in [0, 0.05) is 0 Å². The zero-order valence-electron chi connectivity index (χ0n) is 21.7. The number of aliphatic hydroxyl groups is 1. The van der Waals surface area contributed by atoms with Gasteiger partial charge in [-0.3, -0.25) is 0 Å². The van der Waals surface area contributed by atoms with Crippen LogP contribution in [0.2, 0.25) is 0 Å². The average Bonchev–Trinajstić information content (AvgIpc) is 3.04. The summed E-state index contributed by atoms with van der Waals surface area (Å²) in [6.45, 7) is 22.3. The fourth-order valence-corrected chi connectivity index (χ4v) is 11.5. The van der Waals surface area contributed by atoms with Crippen molar-refractivity contribution in [1.82, 2.24) is 0 Å². The molecule has 1 N–H and O–H groups in total. The highest BCUT2D eigenvalue weighted by Gasteiger charge is 2.70. The summed E-state index contributed by atoms with van der Waals surface area (Å²) in [4.78, 5) is 0. The van der Waals surface area contributed by atoms with Crippen LogP contribution in [-0.4, -0.2) is 11.2 Å². The molecule has 0 spiro atoms. The Morgan fingerprint density at radius 1 is 0.742 bits per heavy atom. The van der Waals surface area contributed by atoms with Crippen molar-refractivity contribution in [3.8, 4) is 0 Å². The first-order valence-corrected chi connectivity index (χ1v) is 13.6. The molecule has 10 atom stereocenters. The molecule has 1 nitrogen and oxygen atoms in total. The lowest BCUT2D eigenvalue weighted by molar-refractivity contribution is -0.246. The lowest BCUT2D eigenvalue weighted by Gasteiger charge is -2.73. The van der Waals surface area contributed by atoms with Gasteiger partial charge in [-0.15, -0.1) is 0 Å². The van der Waals surface area contributed by atoms with Gasteiger partial charge in [-0.25, -0.2) is 0 Å². The van der Waals surface area contributed by atoms with Crippen molar-refractivity contribution in [1.29, 1.82) is 0 Å². The maximum Gasteiger partial charge on any atom is 0.0594 e. The molecule has 176 valence electrons. The van der Waals surface area contributed by atoms with Gasteiger partial charge >= 0.3 is 0 Å². The molecule has 5 rings (SSSR count). The molecule has 1 heteroatoms. The molecular weight excluding hydrogens is 376 g/mol. The summed E-state index contributed by atoms with van der Waals surface area (Å²) in [5, 5.41) is 10.9. The minimum Gasteiger partial charge on any atom is -0.393 e. The first-order chi connectivity index (χ1) is 14.3. The number of fused-ring (bicyclic) bond motifs is 7. The summed E-state index contributed by atoms with van der Waals surface area (Å²) in [5.74, 6) is 3.98. The van der Waals surface area contributed by atoms with Gasteiger partial charge in [0.1, 0.15) is 0 Å². The van der Waals surface area contributed by atoms with Gasteiger partial charge in [0.25, 0.3) is 0 Å². The van der Waals surface area contributed by atoms with E-state index in [0.717, 1.165) is 30.1 Å². The minimum atomic E-state index is -0.118. The van der Waals surface area contributed by atoms with E-state index < -0.39 is 0 Å². The van der Waals surface area contributed by atoms with Crippen LogP contribution in [0.1, 0.15) is 113 Å². The van der Waals surface area contributed by atoms with Crippen molar-refractivity contribution in [3.63, 3.8) is 0 Å². The maximum absolute atomic E-state index is 10.9. The zero-order chi connectivity index (χ0) is 22.6. The average molecular weight is 427 g/mol. The van der Waals surface area contributed by atoms with Crippen LogP contribution in [-0.2, 0) is 0 Å². The molecule has 0 unspecified atom stereocenters. The van der Waals surface area contributed by atoms with Crippen molar-refractivity contribution in [2.45, 2.75) is 119 Å². The molecule has 5 aliphatic carbocycles. The molecule has 0 aromatic heterocycles. The third-order valence-electron chi connectivity index (χ3n) is 13.5. The van der Waals surface area contributed by atoms with Crippen LogP contribution in [0.15, 0.2) is 12.2 Å². The van der Waals surface area contributed by atoms with Gasteiger partial charge in [-0.2, -0.15) is 0 Å². The minimum absolute atomic E-state index is 0.0632. The number of rotatable bonds is 1. The van der Waals surface area contributed by atoms with Gasteiger partial charge in [0.05, 0.1) is 6.10 Å². The molecule has 5 saturated carbocycles. The summed E-state index contributed by atoms with van der Waals surface area (Å²) in [6.07, 6.45) is 13.4. The van der Waals surface area contributed by atoms with Crippen LogP contribution >= 0.6 is 0 Å². The smallest absolute Gasteiger partial charge is 0.0594 e. The van der Waals surface area contributed by atoms with Crippen LogP contribution in [0.3, 0.4) is 0 Å². The lowest BCUT2D eigenvalue weighted by atomic mass is 9.32. The Morgan fingerprint density at radius 3 is 2.13 bits per heavy atom. The quantitative estimate of drug-likeness (QED) is 0.421. The van der Waals surface area contributed by atoms with E-state index in [2.05, 4.69) is 55.0 Å². The fourth-order valence-electron chi connectivity index (χ4n) is 11.5. The second-order valence-corrected chi connectivity index (χ2v) is 14.7. The van der Waals surface area contributed by atoms with Gasteiger partial charge in [0.15, 0.2) is 0 Å². The molecule has 0 bridgehead atoms. The molecule has 0 amide bonds. The maximum atomic E-state index is 10.9. The second-order valence-electron chi connectivity index (χ2n) is 14.7. The van der Waals surface area contributed by atoms with Gasteiger partial charge < -0.3 is 5.11 Å². The summed E-state index contributed by atoms with van der Waals surface area (Å²) >= 11 is 0. The van der Waals surface area contributed by atoms with Crippen molar-refractivity contribution in [3.05, 3.63) is 12.2 Å². The van der Waals surface area contributed by atoms with E-state index in [1.807, 2.05) is 0 Å². The van der Waals surface area contributed by atoms with Crippen molar-refractivity contribution >= 4 is 0 Å². The van der Waals surface area contributed by atoms with E-state index in [9.17, 15) is 5.11 Å². The van der Waals surface area contributed by atoms with Crippen LogP contribution < -0.4 is 0 Å².